The lowest BCUT2D eigenvalue weighted by Gasteiger charge is -2.28. The van der Waals surface area contributed by atoms with Crippen LogP contribution in [0.15, 0.2) is 76.3 Å². The first-order valence-corrected chi connectivity index (χ1v) is 12.3. The zero-order valence-corrected chi connectivity index (χ0v) is 20.5. The van der Waals surface area contributed by atoms with E-state index in [2.05, 4.69) is 46.5 Å². The third-order valence-corrected chi connectivity index (χ3v) is 6.48. The number of ether oxygens (including phenoxy) is 1. The molecule has 0 aliphatic carbocycles. The van der Waals surface area contributed by atoms with Gasteiger partial charge in [0.25, 0.3) is 0 Å². The number of aromatic nitrogens is 7. The van der Waals surface area contributed by atoms with Gasteiger partial charge in [-0.05, 0) is 42.2 Å². The predicted molar refractivity (Wildman–Crippen MR) is 143 cm³/mol. The largest absolute Gasteiger partial charge is 0.439 e. The number of rotatable bonds is 3. The fraction of sp³-hybridized carbons (Fsp3) is 0.143. The number of nitrogens with one attached hydrogen (secondary N) is 1. The Balaban J connectivity index is 1.36. The lowest BCUT2D eigenvalue weighted by atomic mass is 10.1. The molecule has 1 fully saturated rings. The number of hydrogen-bond acceptors (Lipinski definition) is 9. The second-order valence-electron chi connectivity index (χ2n) is 8.88. The molecule has 1 aliphatic rings. The summed E-state index contributed by atoms with van der Waals surface area (Å²) in [6.07, 6.45) is 3.43. The summed E-state index contributed by atoms with van der Waals surface area (Å²) in [6.45, 7) is 2.82. The van der Waals surface area contributed by atoms with Crippen LogP contribution in [0.3, 0.4) is 0 Å². The standard InChI is InChI=1S/C28H20N8O3/c37-28-33-26(34-39-28)23-9-6-19(17-29-23)25-22(10-8-20-7-5-18-3-1-2-4-21(18)31-20)32-27-24(11-12-30-36(25)27)35-13-15-38-16-14-35/h1-7,9,11-12,17H,13-16H2,(H,33,34,37). The van der Waals surface area contributed by atoms with E-state index < -0.39 is 5.76 Å². The molecule has 0 atom stereocenters. The minimum atomic E-state index is -0.641. The molecule has 190 valence electrons. The van der Waals surface area contributed by atoms with Crippen molar-refractivity contribution in [3.05, 3.63) is 88.9 Å². The van der Waals surface area contributed by atoms with Crippen LogP contribution in [0.2, 0.25) is 0 Å². The van der Waals surface area contributed by atoms with Crippen LogP contribution in [-0.4, -0.2) is 61.0 Å². The van der Waals surface area contributed by atoms with Crippen LogP contribution < -0.4 is 10.7 Å². The maximum atomic E-state index is 11.4. The van der Waals surface area contributed by atoms with Crippen molar-refractivity contribution in [2.45, 2.75) is 0 Å². The van der Waals surface area contributed by atoms with Crippen molar-refractivity contribution in [2.75, 3.05) is 31.2 Å². The first-order valence-electron chi connectivity index (χ1n) is 12.3. The molecule has 0 bridgehead atoms. The minimum Gasteiger partial charge on any atom is -0.378 e. The van der Waals surface area contributed by atoms with Gasteiger partial charge in [-0.15, -0.1) is 0 Å². The Bertz CT molecular complexity index is 1940. The highest BCUT2D eigenvalue weighted by Gasteiger charge is 2.21. The number of fused-ring (bicyclic) bond motifs is 2. The summed E-state index contributed by atoms with van der Waals surface area (Å²) in [5, 5.41) is 9.39. The molecule has 0 unspecified atom stereocenters. The van der Waals surface area contributed by atoms with E-state index in [4.69, 9.17) is 9.72 Å². The van der Waals surface area contributed by atoms with Crippen molar-refractivity contribution < 1.29 is 9.26 Å². The number of nitrogens with zero attached hydrogens (tertiary/aromatic N) is 7. The Kier molecular flexibility index (Phi) is 5.57. The number of morpholine rings is 1. The first-order chi connectivity index (χ1) is 19.2. The number of para-hydroxylation sites is 1. The smallest absolute Gasteiger partial charge is 0.378 e. The fourth-order valence-electron chi connectivity index (χ4n) is 4.61. The third-order valence-electron chi connectivity index (χ3n) is 6.48. The summed E-state index contributed by atoms with van der Waals surface area (Å²) in [4.78, 5) is 30.2. The quantitative estimate of drug-likeness (QED) is 0.353. The summed E-state index contributed by atoms with van der Waals surface area (Å²) in [6, 6.07) is 17.4. The van der Waals surface area contributed by atoms with Gasteiger partial charge < -0.3 is 9.64 Å². The SMILES string of the molecule is O=c1[nH]c(-c2ccc(-c3c(C#Cc4ccc5ccccc5n4)nc4c(N5CCOCC5)ccnn34)cn2)no1. The molecule has 1 aromatic carbocycles. The van der Waals surface area contributed by atoms with E-state index >= 15 is 0 Å². The molecule has 39 heavy (non-hydrogen) atoms. The van der Waals surface area contributed by atoms with Crippen molar-refractivity contribution in [1.29, 1.82) is 0 Å². The van der Waals surface area contributed by atoms with Crippen molar-refractivity contribution in [3.8, 4) is 34.6 Å². The summed E-state index contributed by atoms with van der Waals surface area (Å²) in [7, 11) is 0. The van der Waals surface area contributed by atoms with Crippen LogP contribution in [0.25, 0.3) is 39.3 Å². The van der Waals surface area contributed by atoms with E-state index in [0.717, 1.165) is 35.2 Å². The molecule has 1 aliphatic heterocycles. The van der Waals surface area contributed by atoms with Crippen molar-refractivity contribution >= 4 is 22.2 Å². The second kappa shape index (κ2) is 9.51. The predicted octanol–water partition coefficient (Wildman–Crippen LogP) is 2.92. The van der Waals surface area contributed by atoms with Crippen LogP contribution >= 0.6 is 0 Å². The van der Waals surface area contributed by atoms with Crippen molar-refractivity contribution in [3.63, 3.8) is 0 Å². The molecule has 6 aromatic rings. The normalized spacial score (nSPS) is 13.5. The number of imidazole rings is 1. The maximum Gasteiger partial charge on any atom is 0.439 e. The van der Waals surface area contributed by atoms with Gasteiger partial charge in [0, 0.05) is 30.2 Å². The number of pyridine rings is 2. The average molecular weight is 517 g/mol. The van der Waals surface area contributed by atoms with E-state index in [0.29, 0.717) is 41.6 Å². The third kappa shape index (κ3) is 4.28. The fourth-order valence-corrected chi connectivity index (χ4v) is 4.61. The molecule has 0 radical (unpaired) electrons. The molecular weight excluding hydrogens is 496 g/mol. The number of anilines is 1. The maximum absolute atomic E-state index is 11.4. The number of H-pyrrole nitrogens is 1. The monoisotopic (exact) mass is 516 g/mol. The van der Waals surface area contributed by atoms with Gasteiger partial charge in [-0.25, -0.2) is 19.3 Å². The Labute approximate surface area is 221 Å². The highest BCUT2D eigenvalue weighted by molar-refractivity contribution is 5.80. The Hall–Kier alpha value is -5.34. The molecule has 5 aromatic heterocycles. The van der Waals surface area contributed by atoms with E-state index in [9.17, 15) is 4.79 Å². The van der Waals surface area contributed by atoms with E-state index in [1.54, 1.807) is 23.0 Å². The second-order valence-corrected chi connectivity index (χ2v) is 8.88. The van der Waals surface area contributed by atoms with Gasteiger partial charge in [0.05, 0.1) is 30.6 Å². The van der Waals surface area contributed by atoms with E-state index in [1.807, 2.05) is 48.5 Å². The van der Waals surface area contributed by atoms with Gasteiger partial charge in [-0.3, -0.25) is 14.5 Å². The van der Waals surface area contributed by atoms with Crippen molar-refractivity contribution in [2.24, 2.45) is 0 Å². The highest BCUT2D eigenvalue weighted by Crippen LogP contribution is 2.29. The lowest BCUT2D eigenvalue weighted by Crippen LogP contribution is -2.36. The summed E-state index contributed by atoms with van der Waals surface area (Å²) in [5.41, 5.74) is 5.62. The highest BCUT2D eigenvalue weighted by atomic mass is 16.5. The molecule has 1 saturated heterocycles. The van der Waals surface area contributed by atoms with E-state index in [-0.39, 0.29) is 5.82 Å². The topological polar surface area (TPSA) is 127 Å². The van der Waals surface area contributed by atoms with Gasteiger partial charge >= 0.3 is 5.76 Å². The molecule has 6 heterocycles. The van der Waals surface area contributed by atoms with Gasteiger partial charge in [0.15, 0.2) is 5.65 Å². The molecule has 0 amide bonds. The lowest BCUT2D eigenvalue weighted by molar-refractivity contribution is 0.123. The Morgan fingerprint density at radius 3 is 2.67 bits per heavy atom. The zero-order valence-electron chi connectivity index (χ0n) is 20.5. The first kappa shape index (κ1) is 22.8. The summed E-state index contributed by atoms with van der Waals surface area (Å²) >= 11 is 0. The molecule has 7 rings (SSSR count). The van der Waals surface area contributed by atoms with Gasteiger partial charge in [0.1, 0.15) is 22.8 Å². The Morgan fingerprint density at radius 1 is 0.949 bits per heavy atom. The zero-order chi connectivity index (χ0) is 26.2. The number of hydrogen-bond donors (Lipinski definition) is 1. The van der Waals surface area contributed by atoms with Crippen LogP contribution in [0.1, 0.15) is 11.4 Å². The summed E-state index contributed by atoms with van der Waals surface area (Å²) < 4.78 is 11.9. The minimum absolute atomic E-state index is 0.250. The van der Waals surface area contributed by atoms with Gasteiger partial charge in [-0.1, -0.05) is 29.4 Å². The average Bonchev–Trinajstić information content (AvgIpc) is 3.60. The van der Waals surface area contributed by atoms with Crippen LogP contribution in [0, 0.1) is 11.8 Å². The molecule has 11 heteroatoms. The molecule has 0 spiro atoms. The van der Waals surface area contributed by atoms with Crippen LogP contribution in [0.4, 0.5) is 5.69 Å². The molecular formula is C28H20N8O3. The van der Waals surface area contributed by atoms with Crippen LogP contribution in [-0.2, 0) is 4.74 Å². The Morgan fingerprint density at radius 2 is 1.85 bits per heavy atom. The van der Waals surface area contributed by atoms with Crippen LogP contribution in [0.5, 0.6) is 0 Å². The van der Waals surface area contributed by atoms with Gasteiger partial charge in [0.2, 0.25) is 5.82 Å². The number of benzene rings is 1. The summed E-state index contributed by atoms with van der Waals surface area (Å²) in [5.74, 6) is 6.02. The van der Waals surface area contributed by atoms with E-state index in [1.165, 1.54) is 0 Å². The van der Waals surface area contributed by atoms with Gasteiger partial charge in [-0.2, -0.15) is 5.10 Å². The number of aromatic amines is 1. The van der Waals surface area contributed by atoms with Crippen molar-refractivity contribution in [1.82, 2.24) is 34.7 Å². The molecule has 1 N–H and O–H groups in total. The molecule has 11 nitrogen and oxygen atoms in total. The molecule has 0 saturated carbocycles.